The number of rotatable bonds is 3. The lowest BCUT2D eigenvalue weighted by molar-refractivity contribution is 0.271. The van der Waals surface area contributed by atoms with Crippen LogP contribution in [0.15, 0.2) is 30.3 Å². The van der Waals surface area contributed by atoms with Crippen LogP contribution in [-0.2, 0) is 5.41 Å². The first kappa shape index (κ1) is 7.81. The van der Waals surface area contributed by atoms with Crippen molar-refractivity contribution in [3.8, 4) is 0 Å². The summed E-state index contributed by atoms with van der Waals surface area (Å²) in [4.78, 5) is 0. The maximum atomic E-state index is 8.90. The highest BCUT2D eigenvalue weighted by Crippen LogP contribution is 2.50. The van der Waals surface area contributed by atoms with Crippen LogP contribution < -0.4 is 0 Å². The zero-order valence-corrected chi connectivity index (χ0v) is 7.16. The topological polar surface area (TPSA) is 20.2 Å². The second-order valence-corrected chi connectivity index (χ2v) is 3.62. The van der Waals surface area contributed by atoms with Gasteiger partial charge in [-0.15, -0.1) is 0 Å². The molecule has 0 aliphatic heterocycles. The summed E-state index contributed by atoms with van der Waals surface area (Å²) < 4.78 is 0. The van der Waals surface area contributed by atoms with Gasteiger partial charge in [-0.05, 0) is 30.2 Å². The van der Waals surface area contributed by atoms with Gasteiger partial charge in [-0.1, -0.05) is 30.3 Å². The molecule has 64 valence electrons. The molecule has 1 heteroatoms. The quantitative estimate of drug-likeness (QED) is 0.721. The predicted octanol–water partition coefficient (Wildman–Crippen LogP) is 2.10. The van der Waals surface area contributed by atoms with E-state index in [0.717, 1.165) is 6.42 Å². The molecule has 1 aromatic carbocycles. The molecule has 1 aliphatic carbocycles. The Bertz CT molecular complexity index is 249. The Morgan fingerprint density at radius 2 is 1.83 bits per heavy atom. The van der Waals surface area contributed by atoms with Gasteiger partial charge in [0.25, 0.3) is 0 Å². The van der Waals surface area contributed by atoms with E-state index in [4.69, 9.17) is 5.11 Å². The molecule has 0 saturated heterocycles. The minimum absolute atomic E-state index is 0.314. The van der Waals surface area contributed by atoms with Crippen LogP contribution >= 0.6 is 0 Å². The summed E-state index contributed by atoms with van der Waals surface area (Å²) in [5.41, 5.74) is 1.75. The van der Waals surface area contributed by atoms with Crippen molar-refractivity contribution in [1.29, 1.82) is 0 Å². The molecule has 1 saturated carbocycles. The van der Waals surface area contributed by atoms with Crippen molar-refractivity contribution in [2.75, 3.05) is 6.61 Å². The van der Waals surface area contributed by atoms with Crippen LogP contribution in [0.25, 0.3) is 0 Å². The summed E-state index contributed by atoms with van der Waals surface area (Å²) in [6.45, 7) is 0.314. The molecule has 0 bridgehead atoms. The van der Waals surface area contributed by atoms with Crippen molar-refractivity contribution in [1.82, 2.24) is 0 Å². The van der Waals surface area contributed by atoms with Gasteiger partial charge in [0.05, 0.1) is 0 Å². The second-order valence-electron chi connectivity index (χ2n) is 3.62. The van der Waals surface area contributed by atoms with Crippen LogP contribution in [0.2, 0.25) is 0 Å². The lowest BCUT2D eigenvalue weighted by Crippen LogP contribution is -2.08. The zero-order valence-electron chi connectivity index (χ0n) is 7.16. The lowest BCUT2D eigenvalue weighted by atomic mass is 9.93. The van der Waals surface area contributed by atoms with Crippen LogP contribution in [0.4, 0.5) is 0 Å². The van der Waals surface area contributed by atoms with Gasteiger partial charge in [-0.2, -0.15) is 0 Å². The van der Waals surface area contributed by atoms with Gasteiger partial charge in [0.2, 0.25) is 0 Å². The summed E-state index contributed by atoms with van der Waals surface area (Å²) in [6.07, 6.45) is 3.42. The van der Waals surface area contributed by atoms with Crippen LogP contribution in [0.3, 0.4) is 0 Å². The molecular weight excluding hydrogens is 148 g/mol. The van der Waals surface area contributed by atoms with Crippen molar-refractivity contribution >= 4 is 0 Å². The Hall–Kier alpha value is -0.820. The number of hydrogen-bond acceptors (Lipinski definition) is 1. The molecule has 1 N–H and O–H groups in total. The van der Waals surface area contributed by atoms with Crippen LogP contribution in [-0.4, -0.2) is 11.7 Å². The highest BCUT2D eigenvalue weighted by atomic mass is 16.3. The van der Waals surface area contributed by atoms with Crippen LogP contribution in [0.5, 0.6) is 0 Å². The molecule has 0 amide bonds. The van der Waals surface area contributed by atoms with Crippen LogP contribution in [0.1, 0.15) is 24.8 Å². The van der Waals surface area contributed by atoms with E-state index in [2.05, 4.69) is 24.3 Å². The SMILES string of the molecule is OCCC1(c2ccccc2)CC1. The third kappa shape index (κ3) is 1.25. The van der Waals surface area contributed by atoms with E-state index in [9.17, 15) is 0 Å². The van der Waals surface area contributed by atoms with E-state index < -0.39 is 0 Å². The molecule has 0 unspecified atom stereocenters. The fraction of sp³-hybridized carbons (Fsp3) is 0.455. The fourth-order valence-corrected chi connectivity index (χ4v) is 1.84. The number of benzene rings is 1. The molecule has 0 aromatic heterocycles. The molecule has 0 heterocycles. The smallest absolute Gasteiger partial charge is 0.0439 e. The maximum Gasteiger partial charge on any atom is 0.0439 e. The maximum absolute atomic E-state index is 8.90. The first-order valence-electron chi connectivity index (χ1n) is 4.54. The van der Waals surface area contributed by atoms with E-state index in [1.165, 1.54) is 18.4 Å². The Morgan fingerprint density at radius 3 is 2.33 bits per heavy atom. The Kier molecular flexibility index (Phi) is 1.89. The first-order chi connectivity index (χ1) is 5.87. The van der Waals surface area contributed by atoms with E-state index in [-0.39, 0.29) is 0 Å². The summed E-state index contributed by atoms with van der Waals surface area (Å²) >= 11 is 0. The van der Waals surface area contributed by atoms with Crippen molar-refractivity contribution in [2.24, 2.45) is 0 Å². The lowest BCUT2D eigenvalue weighted by Gasteiger charge is -2.13. The number of hydrogen-bond donors (Lipinski definition) is 1. The Morgan fingerprint density at radius 1 is 1.17 bits per heavy atom. The van der Waals surface area contributed by atoms with Crippen molar-refractivity contribution < 1.29 is 5.11 Å². The third-order valence-electron chi connectivity index (χ3n) is 2.83. The molecule has 12 heavy (non-hydrogen) atoms. The second kappa shape index (κ2) is 2.91. The Labute approximate surface area is 73.0 Å². The van der Waals surface area contributed by atoms with Gasteiger partial charge >= 0.3 is 0 Å². The van der Waals surface area contributed by atoms with E-state index in [1.807, 2.05) is 6.07 Å². The van der Waals surface area contributed by atoms with Crippen molar-refractivity contribution in [3.63, 3.8) is 0 Å². The monoisotopic (exact) mass is 162 g/mol. The molecule has 0 spiro atoms. The van der Waals surface area contributed by atoms with E-state index >= 15 is 0 Å². The highest BCUT2D eigenvalue weighted by Gasteiger charge is 2.43. The van der Waals surface area contributed by atoms with Crippen LogP contribution in [0, 0.1) is 0 Å². The average molecular weight is 162 g/mol. The van der Waals surface area contributed by atoms with Gasteiger partial charge < -0.3 is 5.11 Å². The summed E-state index contributed by atoms with van der Waals surface area (Å²) in [5, 5.41) is 8.90. The highest BCUT2D eigenvalue weighted by molar-refractivity contribution is 5.30. The molecule has 2 rings (SSSR count). The average Bonchev–Trinajstić information content (AvgIpc) is 2.88. The molecule has 1 aliphatic rings. The molecule has 1 nitrogen and oxygen atoms in total. The third-order valence-corrected chi connectivity index (χ3v) is 2.83. The number of aliphatic hydroxyl groups is 1. The summed E-state index contributed by atoms with van der Waals surface area (Å²) in [7, 11) is 0. The normalized spacial score (nSPS) is 19.1. The summed E-state index contributed by atoms with van der Waals surface area (Å²) in [6, 6.07) is 10.5. The number of aliphatic hydroxyl groups excluding tert-OH is 1. The predicted molar refractivity (Wildman–Crippen MR) is 49.1 cm³/mol. The minimum Gasteiger partial charge on any atom is -0.396 e. The van der Waals surface area contributed by atoms with Gasteiger partial charge in [-0.3, -0.25) is 0 Å². The molecule has 1 aromatic rings. The van der Waals surface area contributed by atoms with E-state index in [1.54, 1.807) is 0 Å². The van der Waals surface area contributed by atoms with E-state index in [0.29, 0.717) is 12.0 Å². The van der Waals surface area contributed by atoms with Gasteiger partial charge in [0.15, 0.2) is 0 Å². The van der Waals surface area contributed by atoms with Gasteiger partial charge in [-0.25, -0.2) is 0 Å². The summed E-state index contributed by atoms with van der Waals surface area (Å²) in [5.74, 6) is 0. The van der Waals surface area contributed by atoms with Crippen molar-refractivity contribution in [2.45, 2.75) is 24.7 Å². The first-order valence-corrected chi connectivity index (χ1v) is 4.54. The van der Waals surface area contributed by atoms with Gasteiger partial charge in [0.1, 0.15) is 0 Å². The van der Waals surface area contributed by atoms with Gasteiger partial charge in [0, 0.05) is 6.61 Å². The Balaban J connectivity index is 2.19. The molecule has 1 fully saturated rings. The largest absolute Gasteiger partial charge is 0.396 e. The molecular formula is C11H14O. The minimum atomic E-state index is 0.314. The van der Waals surface area contributed by atoms with Crippen molar-refractivity contribution in [3.05, 3.63) is 35.9 Å². The fourth-order valence-electron chi connectivity index (χ4n) is 1.84. The molecule has 0 atom stereocenters. The standard InChI is InChI=1S/C11H14O/c12-9-8-11(6-7-11)10-4-2-1-3-5-10/h1-5,12H,6-9H2. The molecule has 0 radical (unpaired) electrons. The zero-order chi connectivity index (χ0) is 8.44.